The fourth-order valence-electron chi connectivity index (χ4n) is 3.07. The van der Waals surface area contributed by atoms with E-state index < -0.39 is 0 Å². The largest absolute Gasteiger partial charge is 0.497 e. The monoisotopic (exact) mass is 333 g/mol. The lowest BCUT2D eigenvalue weighted by atomic mass is 10.1. The number of ether oxygens (including phenoxy) is 1. The van der Waals surface area contributed by atoms with Crippen molar-refractivity contribution in [3.05, 3.63) is 66.0 Å². The minimum absolute atomic E-state index is 0.683. The molecule has 1 aromatic carbocycles. The van der Waals surface area contributed by atoms with E-state index in [4.69, 9.17) is 9.72 Å². The average Bonchev–Trinajstić information content (AvgIpc) is 2.68. The normalized spacial score (nSPS) is 14.1. The molecule has 0 atom stereocenters. The SMILES string of the molecule is COc1cccc(CN2CCc3cnc(-c4cncnc4)nc3C2)c1. The van der Waals surface area contributed by atoms with Crippen molar-refractivity contribution in [3.8, 4) is 17.1 Å². The van der Waals surface area contributed by atoms with Crippen LogP contribution in [0.5, 0.6) is 5.75 Å². The number of benzene rings is 1. The molecule has 0 saturated carbocycles. The van der Waals surface area contributed by atoms with E-state index in [-0.39, 0.29) is 0 Å². The molecule has 25 heavy (non-hydrogen) atoms. The molecule has 1 aliphatic rings. The Kier molecular flexibility index (Phi) is 4.35. The second-order valence-corrected chi connectivity index (χ2v) is 6.10. The van der Waals surface area contributed by atoms with Crippen LogP contribution < -0.4 is 4.74 Å². The van der Waals surface area contributed by atoms with Gasteiger partial charge in [0, 0.05) is 38.2 Å². The first-order valence-electron chi connectivity index (χ1n) is 8.27. The molecule has 0 radical (unpaired) electrons. The second kappa shape index (κ2) is 6.94. The van der Waals surface area contributed by atoms with E-state index in [2.05, 4.69) is 32.0 Å². The lowest BCUT2D eigenvalue weighted by Gasteiger charge is -2.28. The Hall–Kier alpha value is -2.86. The Bertz CT molecular complexity index is 869. The number of rotatable bonds is 4. The van der Waals surface area contributed by atoms with Crippen molar-refractivity contribution < 1.29 is 4.74 Å². The molecule has 0 unspecified atom stereocenters. The van der Waals surface area contributed by atoms with Crippen molar-refractivity contribution in [2.45, 2.75) is 19.5 Å². The van der Waals surface area contributed by atoms with Gasteiger partial charge < -0.3 is 4.74 Å². The van der Waals surface area contributed by atoms with Gasteiger partial charge >= 0.3 is 0 Å². The van der Waals surface area contributed by atoms with Crippen LogP contribution in [0.15, 0.2) is 49.2 Å². The Morgan fingerprint density at radius 2 is 2.04 bits per heavy atom. The van der Waals surface area contributed by atoms with E-state index in [1.54, 1.807) is 19.5 Å². The molecule has 0 N–H and O–H groups in total. The number of methoxy groups -OCH3 is 1. The van der Waals surface area contributed by atoms with E-state index in [9.17, 15) is 0 Å². The zero-order chi connectivity index (χ0) is 17.1. The van der Waals surface area contributed by atoms with Gasteiger partial charge in [-0.2, -0.15) is 0 Å². The highest BCUT2D eigenvalue weighted by atomic mass is 16.5. The van der Waals surface area contributed by atoms with Crippen LogP contribution in [0.25, 0.3) is 11.4 Å². The van der Waals surface area contributed by atoms with Crippen LogP contribution in [0.1, 0.15) is 16.8 Å². The first-order chi connectivity index (χ1) is 12.3. The van der Waals surface area contributed by atoms with Gasteiger partial charge in [0.05, 0.1) is 18.4 Å². The third kappa shape index (κ3) is 3.49. The maximum atomic E-state index is 5.31. The van der Waals surface area contributed by atoms with Gasteiger partial charge in [-0.1, -0.05) is 12.1 Å². The van der Waals surface area contributed by atoms with Gasteiger partial charge in [0.15, 0.2) is 5.82 Å². The Labute approximate surface area is 146 Å². The zero-order valence-electron chi connectivity index (χ0n) is 14.1. The Balaban J connectivity index is 1.53. The molecule has 3 heterocycles. The molecular weight excluding hydrogens is 314 g/mol. The van der Waals surface area contributed by atoms with E-state index in [1.807, 2.05) is 18.3 Å². The molecule has 126 valence electrons. The summed E-state index contributed by atoms with van der Waals surface area (Å²) >= 11 is 0. The van der Waals surface area contributed by atoms with Gasteiger partial charge in [-0.15, -0.1) is 0 Å². The van der Waals surface area contributed by atoms with Crippen LogP contribution in [0, 0.1) is 0 Å². The summed E-state index contributed by atoms with van der Waals surface area (Å²) in [5, 5.41) is 0. The number of nitrogens with zero attached hydrogens (tertiary/aromatic N) is 5. The predicted molar refractivity (Wildman–Crippen MR) is 93.9 cm³/mol. The topological polar surface area (TPSA) is 64.0 Å². The van der Waals surface area contributed by atoms with Crippen molar-refractivity contribution in [3.63, 3.8) is 0 Å². The maximum Gasteiger partial charge on any atom is 0.162 e. The molecule has 0 saturated heterocycles. The Morgan fingerprint density at radius 3 is 2.88 bits per heavy atom. The summed E-state index contributed by atoms with van der Waals surface area (Å²) in [6.45, 7) is 2.70. The lowest BCUT2D eigenvalue weighted by Crippen LogP contribution is -2.31. The van der Waals surface area contributed by atoms with Crippen LogP contribution >= 0.6 is 0 Å². The third-order valence-corrected chi connectivity index (χ3v) is 4.38. The van der Waals surface area contributed by atoms with Crippen LogP contribution in [0.4, 0.5) is 0 Å². The zero-order valence-corrected chi connectivity index (χ0v) is 14.1. The van der Waals surface area contributed by atoms with Crippen LogP contribution in [0.3, 0.4) is 0 Å². The highest BCUT2D eigenvalue weighted by molar-refractivity contribution is 5.52. The molecule has 0 bridgehead atoms. The fourth-order valence-corrected chi connectivity index (χ4v) is 3.07. The van der Waals surface area contributed by atoms with Crippen LogP contribution in [0.2, 0.25) is 0 Å². The van der Waals surface area contributed by atoms with E-state index in [0.29, 0.717) is 5.82 Å². The highest BCUT2D eigenvalue weighted by Gasteiger charge is 2.19. The quantitative estimate of drug-likeness (QED) is 0.731. The molecule has 6 heteroatoms. The first-order valence-corrected chi connectivity index (χ1v) is 8.27. The minimum Gasteiger partial charge on any atom is -0.497 e. The van der Waals surface area contributed by atoms with Crippen molar-refractivity contribution >= 4 is 0 Å². The van der Waals surface area contributed by atoms with Crippen LogP contribution in [-0.4, -0.2) is 38.5 Å². The van der Waals surface area contributed by atoms with Gasteiger partial charge in [-0.3, -0.25) is 4.90 Å². The molecule has 0 spiro atoms. The van der Waals surface area contributed by atoms with Crippen molar-refractivity contribution in [2.75, 3.05) is 13.7 Å². The maximum absolute atomic E-state index is 5.31. The molecule has 0 fully saturated rings. The summed E-state index contributed by atoms with van der Waals surface area (Å²) in [6, 6.07) is 8.21. The number of aromatic nitrogens is 4. The molecule has 1 aliphatic heterocycles. The van der Waals surface area contributed by atoms with Crippen molar-refractivity contribution in [1.82, 2.24) is 24.8 Å². The van der Waals surface area contributed by atoms with E-state index >= 15 is 0 Å². The highest BCUT2D eigenvalue weighted by Crippen LogP contribution is 2.22. The number of hydrogen-bond acceptors (Lipinski definition) is 6. The van der Waals surface area contributed by atoms with E-state index in [0.717, 1.165) is 43.1 Å². The number of hydrogen-bond donors (Lipinski definition) is 0. The first kappa shape index (κ1) is 15.7. The molecular formula is C19H19N5O. The summed E-state index contributed by atoms with van der Waals surface area (Å²) < 4.78 is 5.31. The van der Waals surface area contributed by atoms with Gasteiger partial charge in [-0.25, -0.2) is 19.9 Å². The molecule has 0 aliphatic carbocycles. The van der Waals surface area contributed by atoms with Crippen molar-refractivity contribution in [2.24, 2.45) is 0 Å². The summed E-state index contributed by atoms with van der Waals surface area (Å²) in [5.74, 6) is 1.58. The fraction of sp³-hybridized carbons (Fsp3) is 0.263. The van der Waals surface area contributed by atoms with Gasteiger partial charge in [0.25, 0.3) is 0 Å². The van der Waals surface area contributed by atoms with Gasteiger partial charge in [0.1, 0.15) is 12.1 Å². The van der Waals surface area contributed by atoms with Crippen molar-refractivity contribution in [1.29, 1.82) is 0 Å². The summed E-state index contributed by atoms with van der Waals surface area (Å²) in [4.78, 5) is 19.7. The number of fused-ring (bicyclic) bond motifs is 1. The summed E-state index contributed by atoms with van der Waals surface area (Å²) in [5.41, 5.74) is 4.40. The molecule has 2 aromatic heterocycles. The second-order valence-electron chi connectivity index (χ2n) is 6.10. The van der Waals surface area contributed by atoms with Crippen LogP contribution in [-0.2, 0) is 19.5 Å². The minimum atomic E-state index is 0.683. The smallest absolute Gasteiger partial charge is 0.162 e. The molecule has 0 amide bonds. The average molecular weight is 333 g/mol. The summed E-state index contributed by atoms with van der Waals surface area (Å²) in [7, 11) is 1.70. The third-order valence-electron chi connectivity index (χ3n) is 4.38. The molecule has 4 rings (SSSR count). The lowest BCUT2D eigenvalue weighted by molar-refractivity contribution is 0.241. The molecule has 3 aromatic rings. The predicted octanol–water partition coefficient (Wildman–Crippen LogP) is 2.50. The summed E-state index contributed by atoms with van der Waals surface area (Å²) in [6.07, 6.45) is 7.90. The van der Waals surface area contributed by atoms with Gasteiger partial charge in [-0.05, 0) is 29.7 Å². The van der Waals surface area contributed by atoms with E-state index in [1.165, 1.54) is 17.5 Å². The molecule has 6 nitrogen and oxygen atoms in total. The van der Waals surface area contributed by atoms with Gasteiger partial charge in [0.2, 0.25) is 0 Å². The standard InChI is InChI=1S/C19H19N5O/c1-25-17-4-2-3-14(7-17)11-24-6-5-15-10-22-19(23-18(15)12-24)16-8-20-13-21-9-16/h2-4,7-10,13H,5-6,11-12H2,1H3. The Morgan fingerprint density at radius 1 is 1.16 bits per heavy atom.